The molecule has 1 heterocycles. The van der Waals surface area contributed by atoms with Crippen molar-refractivity contribution in [3.8, 4) is 0 Å². The lowest BCUT2D eigenvalue weighted by atomic mass is 10.0. The minimum atomic E-state index is -0.113. The number of aliphatic hydroxyl groups is 1. The largest absolute Gasteiger partial charge is 0.393 e. The maximum absolute atomic E-state index is 9.54. The van der Waals surface area contributed by atoms with Gasteiger partial charge in [0.1, 0.15) is 0 Å². The molecule has 0 amide bonds. The predicted molar refractivity (Wildman–Crippen MR) is 43.7 cm³/mol. The highest BCUT2D eigenvalue weighted by molar-refractivity contribution is 4.77. The summed E-state index contributed by atoms with van der Waals surface area (Å²) in [6.07, 6.45) is 3.96. The summed E-state index contributed by atoms with van der Waals surface area (Å²) in [6.45, 7) is 1.43. The van der Waals surface area contributed by atoms with Gasteiger partial charge in [-0.25, -0.2) is 0 Å². The van der Waals surface area contributed by atoms with Crippen molar-refractivity contribution < 1.29 is 14.6 Å². The topological polar surface area (TPSA) is 38.7 Å². The fraction of sp³-hybridized carbons (Fsp3) is 1.00. The monoisotopic (exact) mass is 172 g/mol. The van der Waals surface area contributed by atoms with Gasteiger partial charge in [-0.15, -0.1) is 0 Å². The van der Waals surface area contributed by atoms with Crippen molar-refractivity contribution >= 4 is 0 Å². The molecule has 0 radical (unpaired) electrons. The van der Waals surface area contributed by atoms with Gasteiger partial charge in [0, 0.05) is 6.42 Å². The Hall–Kier alpha value is -0.120. The molecule has 1 aliphatic heterocycles. The molecule has 0 bridgehead atoms. The summed E-state index contributed by atoms with van der Waals surface area (Å²) in [6, 6.07) is 0. The molecule has 0 aromatic heterocycles. The second-order valence-electron chi connectivity index (χ2n) is 3.67. The third-order valence-electron chi connectivity index (χ3n) is 2.80. The Balaban J connectivity index is 1.77. The van der Waals surface area contributed by atoms with E-state index in [2.05, 4.69) is 0 Å². The van der Waals surface area contributed by atoms with Crippen molar-refractivity contribution in [2.75, 3.05) is 13.2 Å². The highest BCUT2D eigenvalue weighted by atomic mass is 16.7. The van der Waals surface area contributed by atoms with E-state index in [0.717, 1.165) is 25.7 Å². The van der Waals surface area contributed by atoms with Gasteiger partial charge in [0.15, 0.2) is 6.29 Å². The normalized spacial score (nSPS) is 37.8. The van der Waals surface area contributed by atoms with E-state index < -0.39 is 0 Å². The van der Waals surface area contributed by atoms with Crippen LogP contribution >= 0.6 is 0 Å². The molecular weight excluding hydrogens is 156 g/mol. The van der Waals surface area contributed by atoms with Crippen LogP contribution in [0.2, 0.25) is 0 Å². The smallest absolute Gasteiger partial charge is 0.158 e. The maximum atomic E-state index is 9.54. The number of rotatable bonds is 2. The van der Waals surface area contributed by atoms with E-state index in [9.17, 15) is 5.11 Å². The molecule has 0 spiro atoms. The molecule has 2 rings (SSSR count). The molecule has 2 fully saturated rings. The first-order valence-electron chi connectivity index (χ1n) is 4.77. The van der Waals surface area contributed by atoms with Gasteiger partial charge in [0.2, 0.25) is 0 Å². The summed E-state index contributed by atoms with van der Waals surface area (Å²) in [7, 11) is 0. The Kier molecular flexibility index (Phi) is 2.63. The zero-order valence-electron chi connectivity index (χ0n) is 7.24. The summed E-state index contributed by atoms with van der Waals surface area (Å²) in [5.41, 5.74) is 0. The minimum absolute atomic E-state index is 0.0391. The van der Waals surface area contributed by atoms with Crippen LogP contribution in [-0.4, -0.2) is 30.7 Å². The van der Waals surface area contributed by atoms with Crippen LogP contribution in [0.15, 0.2) is 0 Å². The highest BCUT2D eigenvalue weighted by Crippen LogP contribution is 2.30. The van der Waals surface area contributed by atoms with Crippen molar-refractivity contribution in [2.45, 2.75) is 38.1 Å². The van der Waals surface area contributed by atoms with Gasteiger partial charge in [-0.1, -0.05) is 6.42 Å². The van der Waals surface area contributed by atoms with Gasteiger partial charge in [-0.05, 0) is 18.8 Å². The predicted octanol–water partition coefficient (Wildman–Crippen LogP) is 0.910. The van der Waals surface area contributed by atoms with E-state index in [1.165, 1.54) is 0 Å². The first kappa shape index (κ1) is 8.48. The zero-order chi connectivity index (χ0) is 8.39. The lowest BCUT2D eigenvalue weighted by molar-refractivity contribution is -0.0658. The number of ether oxygens (including phenoxy) is 2. The molecule has 0 unspecified atom stereocenters. The van der Waals surface area contributed by atoms with Crippen LogP contribution in [-0.2, 0) is 9.47 Å². The first-order valence-corrected chi connectivity index (χ1v) is 4.77. The fourth-order valence-electron chi connectivity index (χ4n) is 2.08. The third-order valence-corrected chi connectivity index (χ3v) is 2.80. The van der Waals surface area contributed by atoms with Crippen LogP contribution < -0.4 is 0 Å². The van der Waals surface area contributed by atoms with Crippen LogP contribution in [0.25, 0.3) is 0 Å². The number of hydrogen-bond donors (Lipinski definition) is 1. The molecule has 12 heavy (non-hydrogen) atoms. The van der Waals surface area contributed by atoms with E-state index in [4.69, 9.17) is 9.47 Å². The second-order valence-corrected chi connectivity index (χ2v) is 3.67. The molecule has 1 N–H and O–H groups in total. The Bertz CT molecular complexity index is 143. The minimum Gasteiger partial charge on any atom is -0.393 e. The number of hydrogen-bond acceptors (Lipinski definition) is 3. The Labute approximate surface area is 72.7 Å². The SMILES string of the molecule is O[C@H]1CCC[C@@H]1CC1OCCO1. The van der Waals surface area contributed by atoms with Gasteiger partial charge in [0.25, 0.3) is 0 Å². The van der Waals surface area contributed by atoms with E-state index in [1.54, 1.807) is 0 Å². The third kappa shape index (κ3) is 1.79. The van der Waals surface area contributed by atoms with Gasteiger partial charge in [-0.3, -0.25) is 0 Å². The average Bonchev–Trinajstić information content (AvgIpc) is 2.65. The molecule has 2 aliphatic rings. The molecule has 2 atom stereocenters. The molecule has 1 saturated carbocycles. The summed E-state index contributed by atoms with van der Waals surface area (Å²) in [4.78, 5) is 0. The lowest BCUT2D eigenvalue weighted by Gasteiger charge is -2.17. The van der Waals surface area contributed by atoms with Crippen LogP contribution in [0, 0.1) is 5.92 Å². The van der Waals surface area contributed by atoms with Crippen LogP contribution in [0.1, 0.15) is 25.7 Å². The van der Waals surface area contributed by atoms with Gasteiger partial charge in [-0.2, -0.15) is 0 Å². The standard InChI is InChI=1S/C9H16O3/c10-8-3-1-2-7(8)6-9-11-4-5-12-9/h7-10H,1-6H2/t7-,8+/m1/s1. The Morgan fingerprint density at radius 2 is 1.92 bits per heavy atom. The molecule has 70 valence electrons. The van der Waals surface area contributed by atoms with Crippen LogP contribution in [0.4, 0.5) is 0 Å². The molecule has 1 saturated heterocycles. The Morgan fingerprint density at radius 3 is 2.50 bits per heavy atom. The summed E-state index contributed by atoms with van der Waals surface area (Å²) in [5, 5.41) is 9.54. The van der Waals surface area contributed by atoms with Crippen molar-refractivity contribution in [3.63, 3.8) is 0 Å². The van der Waals surface area contributed by atoms with Crippen molar-refractivity contribution in [1.29, 1.82) is 0 Å². The maximum Gasteiger partial charge on any atom is 0.158 e. The van der Waals surface area contributed by atoms with E-state index >= 15 is 0 Å². The highest BCUT2D eigenvalue weighted by Gasteiger charge is 2.29. The van der Waals surface area contributed by atoms with Crippen molar-refractivity contribution in [2.24, 2.45) is 5.92 Å². The van der Waals surface area contributed by atoms with Gasteiger partial charge >= 0.3 is 0 Å². The molecule has 1 aliphatic carbocycles. The summed E-state index contributed by atoms with van der Waals surface area (Å²) in [5.74, 6) is 0.410. The summed E-state index contributed by atoms with van der Waals surface area (Å²) >= 11 is 0. The molecule has 3 nitrogen and oxygen atoms in total. The van der Waals surface area contributed by atoms with E-state index in [1.807, 2.05) is 0 Å². The Morgan fingerprint density at radius 1 is 1.17 bits per heavy atom. The quantitative estimate of drug-likeness (QED) is 0.673. The first-order chi connectivity index (χ1) is 5.86. The molecule has 0 aromatic rings. The lowest BCUT2D eigenvalue weighted by Crippen LogP contribution is -2.20. The van der Waals surface area contributed by atoms with Crippen molar-refractivity contribution in [3.05, 3.63) is 0 Å². The average molecular weight is 172 g/mol. The molecule has 0 aromatic carbocycles. The number of aliphatic hydroxyl groups excluding tert-OH is 1. The zero-order valence-corrected chi connectivity index (χ0v) is 7.24. The van der Waals surface area contributed by atoms with E-state index in [0.29, 0.717) is 19.1 Å². The summed E-state index contributed by atoms with van der Waals surface area (Å²) < 4.78 is 10.7. The van der Waals surface area contributed by atoms with Crippen LogP contribution in [0.3, 0.4) is 0 Å². The van der Waals surface area contributed by atoms with E-state index in [-0.39, 0.29) is 12.4 Å². The molecule has 3 heteroatoms. The van der Waals surface area contributed by atoms with Gasteiger partial charge < -0.3 is 14.6 Å². The van der Waals surface area contributed by atoms with Crippen LogP contribution in [0.5, 0.6) is 0 Å². The fourth-order valence-corrected chi connectivity index (χ4v) is 2.08. The second kappa shape index (κ2) is 3.73. The van der Waals surface area contributed by atoms with Crippen molar-refractivity contribution in [1.82, 2.24) is 0 Å². The van der Waals surface area contributed by atoms with Gasteiger partial charge in [0.05, 0.1) is 19.3 Å². The molecular formula is C9H16O3.